The van der Waals surface area contributed by atoms with Crippen molar-refractivity contribution in [2.45, 2.75) is 6.42 Å². The van der Waals surface area contributed by atoms with Crippen molar-refractivity contribution in [2.75, 3.05) is 48.8 Å². The Labute approximate surface area is 192 Å². The lowest BCUT2D eigenvalue weighted by Gasteiger charge is -2.30. The van der Waals surface area contributed by atoms with E-state index >= 15 is 0 Å². The highest BCUT2D eigenvalue weighted by Crippen LogP contribution is 2.27. The van der Waals surface area contributed by atoms with Crippen LogP contribution in [0.15, 0.2) is 42.9 Å². The fraction of sp³-hybridized carbons (Fsp3) is 0.273. The van der Waals surface area contributed by atoms with Crippen LogP contribution >= 0.6 is 0 Å². The van der Waals surface area contributed by atoms with Crippen LogP contribution in [0.25, 0.3) is 11.3 Å². The molecule has 1 fully saturated rings. The highest BCUT2D eigenvalue weighted by atomic mass is 19.1. The highest BCUT2D eigenvalue weighted by Gasteiger charge is 2.20. The van der Waals surface area contributed by atoms with E-state index in [1.807, 2.05) is 20.1 Å². The number of morpholine rings is 1. The number of amides is 1. The summed E-state index contributed by atoms with van der Waals surface area (Å²) in [4.78, 5) is 27.7. The average molecular weight is 449 g/mol. The maximum Gasteiger partial charge on any atom is 0.278 e. The number of rotatable bonds is 7. The molecule has 4 N–H and O–H groups in total. The Balaban J connectivity index is 1.58. The van der Waals surface area contributed by atoms with Crippen molar-refractivity contribution in [3.63, 3.8) is 0 Å². The monoisotopic (exact) mass is 449 g/mol. The zero-order valence-corrected chi connectivity index (χ0v) is 18.3. The second kappa shape index (κ2) is 10.4. The van der Waals surface area contributed by atoms with Crippen molar-refractivity contribution in [1.82, 2.24) is 20.2 Å². The summed E-state index contributed by atoms with van der Waals surface area (Å²) in [7, 11) is 1.84. The third-order valence-corrected chi connectivity index (χ3v) is 5.39. The molecule has 3 heterocycles. The number of nitrogen functional groups attached to an aromatic ring is 1. The van der Waals surface area contributed by atoms with Gasteiger partial charge in [-0.05, 0) is 36.7 Å². The molecule has 0 radical (unpaired) electrons. The molecule has 0 atom stereocenters. The van der Waals surface area contributed by atoms with Gasteiger partial charge in [-0.15, -0.1) is 0 Å². The van der Waals surface area contributed by atoms with E-state index < -0.39 is 11.7 Å². The second-order valence-electron chi connectivity index (χ2n) is 7.60. The van der Waals surface area contributed by atoms with Gasteiger partial charge in [-0.25, -0.2) is 14.4 Å². The zero-order chi connectivity index (χ0) is 23.2. The van der Waals surface area contributed by atoms with Crippen molar-refractivity contribution in [1.29, 1.82) is 0 Å². The van der Waals surface area contributed by atoms with Gasteiger partial charge in [-0.2, -0.15) is 0 Å². The maximum atomic E-state index is 14.8. The molecule has 0 aliphatic carbocycles. The van der Waals surface area contributed by atoms with Gasteiger partial charge >= 0.3 is 0 Å². The summed E-state index contributed by atoms with van der Waals surface area (Å²) in [5.74, 6) is -1.02. The molecule has 1 aliphatic heterocycles. The minimum absolute atomic E-state index is 0.0425. The van der Waals surface area contributed by atoms with Gasteiger partial charge in [-0.1, -0.05) is 6.07 Å². The zero-order valence-electron chi connectivity index (χ0n) is 18.3. The molecule has 9 nitrogen and oxygen atoms in total. The SMILES string of the molecule is BNCCc1ccc(-c2cnc(N)c(C(=O)Nc3cnccc3N3CCOCC3)n2)c(F)c1. The molecule has 0 bridgehead atoms. The number of hydrogen-bond acceptors (Lipinski definition) is 8. The van der Waals surface area contributed by atoms with Gasteiger partial charge < -0.3 is 25.9 Å². The molecule has 33 heavy (non-hydrogen) atoms. The van der Waals surface area contributed by atoms with Crippen molar-refractivity contribution in [3.8, 4) is 11.3 Å². The Morgan fingerprint density at radius 2 is 2.06 bits per heavy atom. The molecule has 0 spiro atoms. The lowest BCUT2D eigenvalue weighted by Crippen LogP contribution is -2.36. The van der Waals surface area contributed by atoms with Gasteiger partial charge in [0.15, 0.2) is 19.5 Å². The van der Waals surface area contributed by atoms with E-state index in [2.05, 4.69) is 30.4 Å². The number of carbonyl (C=O) groups excluding carboxylic acids is 1. The van der Waals surface area contributed by atoms with E-state index in [1.54, 1.807) is 18.5 Å². The normalized spacial score (nSPS) is 13.7. The number of nitrogens with zero attached hydrogens (tertiary/aromatic N) is 4. The largest absolute Gasteiger partial charge is 0.382 e. The number of nitrogens with two attached hydrogens (primary N) is 1. The van der Waals surface area contributed by atoms with Gasteiger partial charge in [0.25, 0.3) is 5.91 Å². The molecule has 0 unspecified atom stereocenters. The lowest BCUT2D eigenvalue weighted by molar-refractivity contribution is 0.102. The first-order chi connectivity index (χ1) is 16.1. The van der Waals surface area contributed by atoms with Gasteiger partial charge in [-0.3, -0.25) is 9.78 Å². The average Bonchev–Trinajstić information content (AvgIpc) is 2.84. The minimum atomic E-state index is -0.546. The van der Waals surface area contributed by atoms with E-state index in [1.165, 1.54) is 12.3 Å². The third kappa shape index (κ3) is 5.26. The predicted octanol–water partition coefficient (Wildman–Crippen LogP) is 1.03. The first-order valence-electron chi connectivity index (χ1n) is 10.7. The molecule has 170 valence electrons. The Bertz CT molecular complexity index is 1140. The molecule has 3 aromatic rings. The summed E-state index contributed by atoms with van der Waals surface area (Å²) < 4.78 is 20.2. The Morgan fingerprint density at radius 3 is 2.82 bits per heavy atom. The molecular formula is C22H25BFN7O2. The molecule has 1 amide bonds. The Kier molecular flexibility index (Phi) is 7.11. The summed E-state index contributed by atoms with van der Waals surface area (Å²) in [6.07, 6.45) is 5.30. The molecule has 1 aromatic carbocycles. The molecular weight excluding hydrogens is 424 g/mol. The number of aromatic nitrogens is 3. The number of carbonyl (C=O) groups is 1. The maximum absolute atomic E-state index is 14.8. The van der Waals surface area contributed by atoms with Crippen molar-refractivity contribution in [2.24, 2.45) is 0 Å². The van der Waals surface area contributed by atoms with Crippen LogP contribution in [0.1, 0.15) is 16.1 Å². The first kappa shape index (κ1) is 22.6. The standard InChI is InChI=1S/C22H25BFN7O2/c23-28-6-3-14-1-2-15(16(24)11-14)17-13-27-21(25)20(29-17)22(32)30-18-12-26-5-4-19(18)31-7-9-33-10-8-31/h1-2,4-5,11-13,28H,3,6-10,23H2,(H2,25,27)(H,30,32). The van der Waals surface area contributed by atoms with Crippen LogP contribution < -0.4 is 21.2 Å². The van der Waals surface area contributed by atoms with Crippen LogP contribution in [0, 0.1) is 5.82 Å². The van der Waals surface area contributed by atoms with E-state index in [0.29, 0.717) is 38.4 Å². The fourth-order valence-electron chi connectivity index (χ4n) is 3.63. The van der Waals surface area contributed by atoms with Crippen LogP contribution in [0.5, 0.6) is 0 Å². The smallest absolute Gasteiger partial charge is 0.278 e. The predicted molar refractivity (Wildman–Crippen MR) is 127 cm³/mol. The minimum Gasteiger partial charge on any atom is -0.382 e. The van der Waals surface area contributed by atoms with Crippen LogP contribution in [-0.4, -0.2) is 61.7 Å². The third-order valence-electron chi connectivity index (χ3n) is 5.39. The van der Waals surface area contributed by atoms with Crippen LogP contribution in [-0.2, 0) is 11.2 Å². The second-order valence-corrected chi connectivity index (χ2v) is 7.60. The van der Waals surface area contributed by atoms with Gasteiger partial charge in [0, 0.05) is 24.8 Å². The van der Waals surface area contributed by atoms with E-state index in [0.717, 1.165) is 17.8 Å². The molecule has 1 saturated heterocycles. The van der Waals surface area contributed by atoms with Crippen molar-refractivity contribution < 1.29 is 13.9 Å². The van der Waals surface area contributed by atoms with Gasteiger partial charge in [0.05, 0.1) is 42.7 Å². The lowest BCUT2D eigenvalue weighted by atomic mass is 10.1. The van der Waals surface area contributed by atoms with Crippen LogP contribution in [0.4, 0.5) is 21.6 Å². The highest BCUT2D eigenvalue weighted by molar-refractivity contribution is 6.07. The van der Waals surface area contributed by atoms with E-state index in [-0.39, 0.29) is 22.8 Å². The van der Waals surface area contributed by atoms with E-state index in [9.17, 15) is 9.18 Å². The number of pyridine rings is 1. The summed E-state index contributed by atoms with van der Waals surface area (Å²) in [6.45, 7) is 3.36. The number of hydrogen-bond donors (Lipinski definition) is 3. The Morgan fingerprint density at radius 1 is 1.24 bits per heavy atom. The first-order valence-corrected chi connectivity index (χ1v) is 10.7. The number of halogens is 1. The summed E-state index contributed by atoms with van der Waals surface area (Å²) in [6, 6.07) is 6.77. The van der Waals surface area contributed by atoms with Gasteiger partial charge in [0.1, 0.15) is 5.82 Å². The number of nitrogens with one attached hydrogen (secondary N) is 2. The summed E-state index contributed by atoms with van der Waals surface area (Å²) >= 11 is 0. The van der Waals surface area contributed by atoms with Crippen molar-refractivity contribution >= 4 is 31.1 Å². The fourth-order valence-corrected chi connectivity index (χ4v) is 3.63. The number of ether oxygens (including phenoxy) is 1. The quantitative estimate of drug-likeness (QED) is 0.458. The van der Waals surface area contributed by atoms with Crippen molar-refractivity contribution in [3.05, 3.63) is 59.9 Å². The molecule has 11 heteroatoms. The van der Waals surface area contributed by atoms with Gasteiger partial charge in [0.2, 0.25) is 0 Å². The number of benzene rings is 1. The summed E-state index contributed by atoms with van der Waals surface area (Å²) in [5.41, 5.74) is 8.55. The van der Waals surface area contributed by atoms with Crippen LogP contribution in [0.2, 0.25) is 0 Å². The molecule has 2 aromatic heterocycles. The topological polar surface area (TPSA) is 118 Å². The molecule has 4 rings (SSSR count). The molecule has 0 saturated carbocycles. The summed E-state index contributed by atoms with van der Waals surface area (Å²) in [5, 5.41) is 5.86. The van der Waals surface area contributed by atoms with E-state index in [4.69, 9.17) is 10.5 Å². The Hall–Kier alpha value is -3.57. The number of anilines is 3. The molecule has 1 aliphatic rings. The van der Waals surface area contributed by atoms with Crippen LogP contribution in [0.3, 0.4) is 0 Å².